The molecule has 19 heavy (non-hydrogen) atoms. The number of hydrogen-bond acceptors (Lipinski definition) is 2. The van der Waals surface area contributed by atoms with E-state index >= 15 is 0 Å². The van der Waals surface area contributed by atoms with Crippen LogP contribution in [0.5, 0.6) is 0 Å². The molecule has 0 unspecified atom stereocenters. The van der Waals surface area contributed by atoms with Crippen LogP contribution in [0.3, 0.4) is 0 Å². The zero-order valence-corrected chi connectivity index (χ0v) is 11.9. The predicted molar refractivity (Wildman–Crippen MR) is 79.4 cm³/mol. The molecule has 0 bridgehead atoms. The second-order valence-corrected chi connectivity index (χ2v) is 5.76. The maximum Gasteiger partial charge on any atom is 0.251 e. The average molecular weight is 281 g/mol. The minimum absolute atomic E-state index is 0.0966. The van der Waals surface area contributed by atoms with Gasteiger partial charge in [-0.1, -0.05) is 37.3 Å². The van der Waals surface area contributed by atoms with Gasteiger partial charge in [-0.25, -0.2) is 0 Å². The summed E-state index contributed by atoms with van der Waals surface area (Å²) in [7, 11) is 0. The topological polar surface area (TPSA) is 55.1 Å². The summed E-state index contributed by atoms with van der Waals surface area (Å²) in [6.07, 6.45) is 7.74. The third-order valence-electron chi connectivity index (χ3n) is 3.73. The smallest absolute Gasteiger partial charge is 0.251 e. The van der Waals surface area contributed by atoms with E-state index in [1.807, 2.05) is 0 Å². The van der Waals surface area contributed by atoms with Crippen LogP contribution in [0.15, 0.2) is 18.2 Å². The maximum absolute atomic E-state index is 11.9. The third-order valence-corrected chi connectivity index (χ3v) is 3.95. The van der Waals surface area contributed by atoms with Crippen LogP contribution in [-0.2, 0) is 0 Å². The van der Waals surface area contributed by atoms with Crippen molar-refractivity contribution in [2.75, 3.05) is 12.3 Å². The van der Waals surface area contributed by atoms with Crippen molar-refractivity contribution in [1.82, 2.24) is 5.32 Å². The summed E-state index contributed by atoms with van der Waals surface area (Å²) >= 11 is 5.88. The second-order valence-electron chi connectivity index (χ2n) is 5.32. The lowest BCUT2D eigenvalue weighted by Gasteiger charge is -2.09. The van der Waals surface area contributed by atoms with Crippen molar-refractivity contribution in [3.8, 4) is 0 Å². The van der Waals surface area contributed by atoms with E-state index in [1.165, 1.54) is 32.1 Å². The van der Waals surface area contributed by atoms with Gasteiger partial charge >= 0.3 is 0 Å². The lowest BCUT2D eigenvalue weighted by Crippen LogP contribution is -2.24. The zero-order chi connectivity index (χ0) is 13.7. The van der Waals surface area contributed by atoms with E-state index in [-0.39, 0.29) is 5.91 Å². The summed E-state index contributed by atoms with van der Waals surface area (Å²) in [6, 6.07) is 4.93. The highest BCUT2D eigenvalue weighted by Crippen LogP contribution is 2.28. The van der Waals surface area contributed by atoms with Gasteiger partial charge in [0.25, 0.3) is 5.91 Å². The molecule has 0 aliphatic heterocycles. The van der Waals surface area contributed by atoms with Crippen LogP contribution < -0.4 is 11.1 Å². The fourth-order valence-electron chi connectivity index (χ4n) is 2.74. The van der Waals surface area contributed by atoms with Gasteiger partial charge in [-0.05, 0) is 37.0 Å². The first kappa shape index (κ1) is 14.2. The van der Waals surface area contributed by atoms with Gasteiger partial charge in [-0.3, -0.25) is 4.79 Å². The van der Waals surface area contributed by atoms with Gasteiger partial charge in [-0.2, -0.15) is 0 Å². The highest BCUT2D eigenvalue weighted by molar-refractivity contribution is 6.31. The van der Waals surface area contributed by atoms with Crippen molar-refractivity contribution >= 4 is 23.2 Å². The van der Waals surface area contributed by atoms with Crippen molar-refractivity contribution in [2.45, 2.75) is 38.5 Å². The molecule has 1 aromatic carbocycles. The minimum atomic E-state index is -0.0966. The van der Waals surface area contributed by atoms with E-state index in [9.17, 15) is 4.79 Å². The number of anilines is 1. The molecule has 1 amide bonds. The Balaban J connectivity index is 1.74. The van der Waals surface area contributed by atoms with Gasteiger partial charge in [0.05, 0.1) is 0 Å². The molecule has 1 saturated carbocycles. The summed E-state index contributed by atoms with van der Waals surface area (Å²) in [5.74, 6) is 0.777. The van der Waals surface area contributed by atoms with E-state index in [0.29, 0.717) is 16.3 Å². The van der Waals surface area contributed by atoms with E-state index in [1.54, 1.807) is 18.2 Å². The van der Waals surface area contributed by atoms with Crippen LogP contribution in [0, 0.1) is 5.92 Å². The summed E-state index contributed by atoms with van der Waals surface area (Å²) in [5.41, 5.74) is 6.72. The molecule has 0 saturated heterocycles. The van der Waals surface area contributed by atoms with Crippen LogP contribution in [0.1, 0.15) is 48.9 Å². The Morgan fingerprint density at radius 1 is 1.32 bits per heavy atom. The van der Waals surface area contributed by atoms with Gasteiger partial charge in [0.1, 0.15) is 0 Å². The van der Waals surface area contributed by atoms with Crippen LogP contribution in [-0.4, -0.2) is 12.5 Å². The molecule has 1 aromatic rings. The number of nitrogen functional groups attached to an aromatic ring is 1. The second kappa shape index (κ2) is 6.80. The first-order chi connectivity index (χ1) is 9.15. The Bertz CT molecular complexity index is 422. The van der Waals surface area contributed by atoms with Crippen molar-refractivity contribution < 1.29 is 4.79 Å². The molecular weight excluding hydrogens is 260 g/mol. The molecule has 1 aliphatic rings. The van der Waals surface area contributed by atoms with E-state index in [0.717, 1.165) is 18.9 Å². The zero-order valence-electron chi connectivity index (χ0n) is 11.1. The number of rotatable bonds is 5. The van der Waals surface area contributed by atoms with Crippen molar-refractivity contribution in [2.24, 2.45) is 5.92 Å². The molecule has 4 heteroatoms. The lowest BCUT2D eigenvalue weighted by molar-refractivity contribution is 0.0952. The molecule has 1 fully saturated rings. The SMILES string of the molecule is Nc1cc(Cl)cc(C(=O)NCCCC2CCCC2)c1. The number of hydrogen-bond donors (Lipinski definition) is 2. The number of nitrogens with one attached hydrogen (secondary N) is 1. The quantitative estimate of drug-likeness (QED) is 0.639. The van der Waals surface area contributed by atoms with Gasteiger partial charge < -0.3 is 11.1 Å². The number of carbonyl (C=O) groups excluding carboxylic acids is 1. The summed E-state index contributed by atoms with van der Waals surface area (Å²) in [6.45, 7) is 0.724. The van der Waals surface area contributed by atoms with Gasteiger partial charge in [0.15, 0.2) is 0 Å². The Morgan fingerprint density at radius 2 is 2.05 bits per heavy atom. The van der Waals surface area contributed by atoms with Crippen LogP contribution in [0.2, 0.25) is 5.02 Å². The Kier molecular flexibility index (Phi) is 5.08. The molecule has 0 atom stereocenters. The summed E-state index contributed by atoms with van der Waals surface area (Å²) < 4.78 is 0. The molecule has 2 rings (SSSR count). The van der Waals surface area contributed by atoms with Gasteiger partial charge in [0, 0.05) is 22.8 Å². The summed E-state index contributed by atoms with van der Waals surface area (Å²) in [4.78, 5) is 11.9. The number of nitrogens with two attached hydrogens (primary N) is 1. The molecule has 0 heterocycles. The molecule has 0 spiro atoms. The lowest BCUT2D eigenvalue weighted by atomic mass is 10.0. The fraction of sp³-hybridized carbons (Fsp3) is 0.533. The van der Waals surface area contributed by atoms with Crippen molar-refractivity contribution in [3.63, 3.8) is 0 Å². The number of benzene rings is 1. The van der Waals surface area contributed by atoms with Gasteiger partial charge in [-0.15, -0.1) is 0 Å². The first-order valence-corrected chi connectivity index (χ1v) is 7.37. The predicted octanol–water partition coefficient (Wildman–Crippen LogP) is 3.62. The normalized spacial score (nSPS) is 15.6. The van der Waals surface area contributed by atoms with E-state index in [4.69, 9.17) is 17.3 Å². The maximum atomic E-state index is 11.9. The minimum Gasteiger partial charge on any atom is -0.399 e. The number of amides is 1. The number of carbonyl (C=O) groups is 1. The molecule has 0 radical (unpaired) electrons. The van der Waals surface area contributed by atoms with E-state index in [2.05, 4.69) is 5.32 Å². The Morgan fingerprint density at radius 3 is 2.74 bits per heavy atom. The van der Waals surface area contributed by atoms with Gasteiger partial charge in [0.2, 0.25) is 0 Å². The summed E-state index contributed by atoms with van der Waals surface area (Å²) in [5, 5.41) is 3.42. The fourth-order valence-corrected chi connectivity index (χ4v) is 2.98. The van der Waals surface area contributed by atoms with Crippen molar-refractivity contribution in [1.29, 1.82) is 0 Å². The largest absolute Gasteiger partial charge is 0.399 e. The number of halogens is 1. The van der Waals surface area contributed by atoms with Crippen LogP contribution >= 0.6 is 11.6 Å². The van der Waals surface area contributed by atoms with Crippen molar-refractivity contribution in [3.05, 3.63) is 28.8 Å². The Labute approximate surface area is 119 Å². The van der Waals surface area contributed by atoms with E-state index < -0.39 is 0 Å². The first-order valence-electron chi connectivity index (χ1n) is 6.99. The molecule has 3 nitrogen and oxygen atoms in total. The van der Waals surface area contributed by atoms with Crippen LogP contribution in [0.4, 0.5) is 5.69 Å². The molecular formula is C15H21ClN2O. The van der Waals surface area contributed by atoms with Crippen LogP contribution in [0.25, 0.3) is 0 Å². The molecule has 3 N–H and O–H groups in total. The third kappa shape index (κ3) is 4.43. The molecule has 104 valence electrons. The highest BCUT2D eigenvalue weighted by atomic mass is 35.5. The molecule has 0 aromatic heterocycles. The molecule has 1 aliphatic carbocycles. The monoisotopic (exact) mass is 280 g/mol. The standard InChI is InChI=1S/C15H21ClN2O/c16-13-8-12(9-14(17)10-13)15(19)18-7-3-6-11-4-1-2-5-11/h8-11H,1-7,17H2,(H,18,19). The highest BCUT2D eigenvalue weighted by Gasteiger charge is 2.14. The Hall–Kier alpha value is -1.22. The average Bonchev–Trinajstić information content (AvgIpc) is 2.86.